The molecule has 0 aliphatic heterocycles. The van der Waals surface area contributed by atoms with E-state index in [0.29, 0.717) is 47.5 Å². The number of nitrogens with one attached hydrogen (secondary N) is 2. The van der Waals surface area contributed by atoms with E-state index in [4.69, 9.17) is 14.2 Å². The second-order valence-electron chi connectivity index (χ2n) is 7.55. The number of ether oxygens (including phenoxy) is 3. The summed E-state index contributed by atoms with van der Waals surface area (Å²) in [5.74, 6) is 2.18. The van der Waals surface area contributed by atoms with Crippen molar-refractivity contribution in [1.82, 2.24) is 15.0 Å². The number of methoxy groups -OCH3 is 3. The van der Waals surface area contributed by atoms with Crippen LogP contribution in [0.2, 0.25) is 0 Å². The van der Waals surface area contributed by atoms with Gasteiger partial charge in [0.25, 0.3) is 0 Å². The highest BCUT2D eigenvalue weighted by molar-refractivity contribution is 5.66. The van der Waals surface area contributed by atoms with Crippen LogP contribution in [0.4, 0.5) is 36.7 Å². The van der Waals surface area contributed by atoms with E-state index in [1.165, 1.54) is 27.4 Å². The number of halogens is 3. The highest BCUT2D eigenvalue weighted by Crippen LogP contribution is 2.40. The van der Waals surface area contributed by atoms with E-state index >= 15 is 0 Å². The number of aromatic nitrogens is 3. The summed E-state index contributed by atoms with van der Waals surface area (Å²) in [4.78, 5) is 15.3. The highest BCUT2D eigenvalue weighted by atomic mass is 19.4. The molecule has 1 heterocycles. The molecule has 0 spiro atoms. The van der Waals surface area contributed by atoms with Crippen LogP contribution in [0.15, 0.2) is 36.4 Å². The lowest BCUT2D eigenvalue weighted by Gasteiger charge is -2.20. The number of alkyl halides is 3. The molecule has 2 N–H and O–H groups in total. The van der Waals surface area contributed by atoms with E-state index in [-0.39, 0.29) is 18.4 Å². The molecule has 0 saturated heterocycles. The van der Waals surface area contributed by atoms with Crippen molar-refractivity contribution >= 4 is 23.5 Å². The Morgan fingerprint density at radius 1 is 0.861 bits per heavy atom. The Balaban J connectivity index is 1.93. The summed E-state index contributed by atoms with van der Waals surface area (Å²) in [5.41, 5.74) is 0.296. The van der Waals surface area contributed by atoms with Crippen molar-refractivity contribution in [2.24, 2.45) is 0 Å². The average molecular weight is 507 g/mol. The van der Waals surface area contributed by atoms with Gasteiger partial charge in [0.15, 0.2) is 11.5 Å². The zero-order valence-electron chi connectivity index (χ0n) is 20.7. The molecule has 0 saturated carbocycles. The maximum absolute atomic E-state index is 13.1. The minimum Gasteiger partial charge on any atom is -0.493 e. The van der Waals surface area contributed by atoms with Gasteiger partial charge in [-0.3, -0.25) is 0 Å². The molecular formula is C24H29F3N6O3. The second kappa shape index (κ2) is 11.6. The molecule has 36 heavy (non-hydrogen) atoms. The molecule has 3 rings (SSSR count). The van der Waals surface area contributed by atoms with Crippen LogP contribution in [0.3, 0.4) is 0 Å². The van der Waals surface area contributed by atoms with Crippen LogP contribution in [-0.2, 0) is 12.7 Å². The van der Waals surface area contributed by atoms with E-state index in [9.17, 15) is 13.2 Å². The Bertz CT molecular complexity index is 1150. The fraction of sp³-hybridized carbons (Fsp3) is 0.375. The first kappa shape index (κ1) is 26.6. The molecular weight excluding hydrogens is 477 g/mol. The van der Waals surface area contributed by atoms with Gasteiger partial charge >= 0.3 is 6.18 Å². The molecule has 2 aromatic carbocycles. The standard InChI is InChI=1S/C24H29F3N6O3/c1-6-33(7-2)23-31-21(28-14-15-9-8-10-16(11-15)24(25,26)27)30-22(32-23)29-17-12-18(34-3)20(36-5)19(13-17)35-4/h8-13H,6-7,14H2,1-5H3,(H2,28,29,30,31,32). The number of benzene rings is 2. The van der Waals surface area contributed by atoms with Crippen molar-refractivity contribution in [2.75, 3.05) is 50.0 Å². The smallest absolute Gasteiger partial charge is 0.416 e. The number of rotatable bonds is 11. The van der Waals surface area contributed by atoms with Crippen LogP contribution in [0.1, 0.15) is 25.0 Å². The summed E-state index contributed by atoms with van der Waals surface area (Å²) in [7, 11) is 4.54. The minimum atomic E-state index is -4.42. The van der Waals surface area contributed by atoms with E-state index in [2.05, 4.69) is 25.6 Å². The van der Waals surface area contributed by atoms with Gasteiger partial charge in [-0.2, -0.15) is 28.1 Å². The fourth-order valence-electron chi connectivity index (χ4n) is 3.47. The topological polar surface area (TPSA) is 93.7 Å². The lowest BCUT2D eigenvalue weighted by Crippen LogP contribution is -2.25. The molecule has 194 valence electrons. The molecule has 0 amide bonds. The SMILES string of the molecule is CCN(CC)c1nc(NCc2cccc(C(F)(F)F)c2)nc(Nc2cc(OC)c(OC)c(OC)c2)n1. The van der Waals surface area contributed by atoms with Gasteiger partial charge in [-0.25, -0.2) is 0 Å². The summed E-state index contributed by atoms with van der Waals surface area (Å²) in [6.07, 6.45) is -4.42. The van der Waals surface area contributed by atoms with Crippen molar-refractivity contribution in [3.8, 4) is 17.2 Å². The maximum Gasteiger partial charge on any atom is 0.416 e. The zero-order chi connectivity index (χ0) is 26.3. The molecule has 0 fully saturated rings. The monoisotopic (exact) mass is 506 g/mol. The lowest BCUT2D eigenvalue weighted by atomic mass is 10.1. The van der Waals surface area contributed by atoms with Crippen molar-refractivity contribution < 1.29 is 27.4 Å². The summed E-state index contributed by atoms with van der Waals surface area (Å²) >= 11 is 0. The zero-order valence-corrected chi connectivity index (χ0v) is 20.7. The first-order valence-corrected chi connectivity index (χ1v) is 11.2. The second-order valence-corrected chi connectivity index (χ2v) is 7.55. The molecule has 0 radical (unpaired) electrons. The Kier molecular flexibility index (Phi) is 8.62. The molecule has 9 nitrogen and oxygen atoms in total. The van der Waals surface area contributed by atoms with Crippen molar-refractivity contribution in [3.63, 3.8) is 0 Å². The first-order chi connectivity index (χ1) is 17.2. The van der Waals surface area contributed by atoms with Gasteiger partial charge in [-0.05, 0) is 31.5 Å². The van der Waals surface area contributed by atoms with E-state index < -0.39 is 11.7 Å². The minimum absolute atomic E-state index is 0.0925. The van der Waals surface area contributed by atoms with Crippen molar-refractivity contribution in [3.05, 3.63) is 47.5 Å². The predicted molar refractivity (Wildman–Crippen MR) is 132 cm³/mol. The Morgan fingerprint density at radius 2 is 1.50 bits per heavy atom. The van der Waals surface area contributed by atoms with Crippen LogP contribution < -0.4 is 29.7 Å². The first-order valence-electron chi connectivity index (χ1n) is 11.2. The Hall–Kier alpha value is -3.96. The molecule has 0 aliphatic rings. The van der Waals surface area contributed by atoms with Crippen LogP contribution in [-0.4, -0.2) is 49.4 Å². The van der Waals surface area contributed by atoms with Crippen LogP contribution in [0.5, 0.6) is 17.2 Å². The molecule has 12 heteroatoms. The van der Waals surface area contributed by atoms with E-state index in [1.54, 1.807) is 18.2 Å². The highest BCUT2D eigenvalue weighted by Gasteiger charge is 2.30. The average Bonchev–Trinajstić information content (AvgIpc) is 2.87. The third-order valence-electron chi connectivity index (χ3n) is 5.30. The third kappa shape index (κ3) is 6.37. The van der Waals surface area contributed by atoms with Crippen molar-refractivity contribution in [2.45, 2.75) is 26.6 Å². The normalized spacial score (nSPS) is 11.1. The lowest BCUT2D eigenvalue weighted by molar-refractivity contribution is -0.137. The Labute approximate surface area is 207 Å². The molecule has 0 bridgehead atoms. The largest absolute Gasteiger partial charge is 0.493 e. The molecule has 3 aromatic rings. The van der Waals surface area contributed by atoms with Gasteiger partial charge in [-0.1, -0.05) is 12.1 Å². The van der Waals surface area contributed by atoms with Gasteiger partial charge < -0.3 is 29.7 Å². The maximum atomic E-state index is 13.1. The third-order valence-corrected chi connectivity index (χ3v) is 5.30. The summed E-state index contributed by atoms with van der Waals surface area (Å²) in [6.45, 7) is 5.33. The number of hydrogen-bond donors (Lipinski definition) is 2. The van der Waals surface area contributed by atoms with Gasteiger partial charge in [0.1, 0.15) is 0 Å². The molecule has 1 aromatic heterocycles. The molecule has 0 unspecified atom stereocenters. The number of anilines is 4. The van der Waals surface area contributed by atoms with Crippen LogP contribution in [0.25, 0.3) is 0 Å². The fourth-order valence-corrected chi connectivity index (χ4v) is 3.47. The summed E-state index contributed by atoms with van der Waals surface area (Å²) < 4.78 is 55.4. The van der Waals surface area contributed by atoms with Crippen molar-refractivity contribution in [1.29, 1.82) is 0 Å². The summed E-state index contributed by atoms with van der Waals surface area (Å²) in [5, 5.41) is 6.13. The van der Waals surface area contributed by atoms with Gasteiger partial charge in [-0.15, -0.1) is 0 Å². The number of nitrogens with zero attached hydrogens (tertiary/aromatic N) is 4. The predicted octanol–water partition coefficient (Wildman–Crippen LogP) is 5.12. The van der Waals surface area contributed by atoms with Crippen LogP contribution >= 0.6 is 0 Å². The molecule has 0 atom stereocenters. The van der Waals surface area contributed by atoms with Crippen LogP contribution in [0, 0.1) is 0 Å². The van der Waals surface area contributed by atoms with Gasteiger partial charge in [0.05, 0.1) is 26.9 Å². The summed E-state index contributed by atoms with van der Waals surface area (Å²) in [6, 6.07) is 8.50. The quantitative estimate of drug-likeness (QED) is 0.368. The molecule has 0 aliphatic carbocycles. The number of hydrogen-bond acceptors (Lipinski definition) is 9. The van der Waals surface area contributed by atoms with E-state index in [1.807, 2.05) is 18.7 Å². The van der Waals surface area contributed by atoms with Gasteiger partial charge in [0, 0.05) is 37.5 Å². The Morgan fingerprint density at radius 3 is 2.06 bits per heavy atom. The van der Waals surface area contributed by atoms with Gasteiger partial charge in [0.2, 0.25) is 23.6 Å². The van der Waals surface area contributed by atoms with E-state index in [0.717, 1.165) is 12.1 Å².